The van der Waals surface area contributed by atoms with Crippen LogP contribution < -0.4 is 16.0 Å². The first-order chi connectivity index (χ1) is 11.7. The molecule has 0 aliphatic carbocycles. The summed E-state index contributed by atoms with van der Waals surface area (Å²) in [6, 6.07) is 7.92. The fourth-order valence-corrected chi connectivity index (χ4v) is 2.30. The molecule has 0 atom stereocenters. The molecule has 0 bridgehead atoms. The van der Waals surface area contributed by atoms with Crippen molar-refractivity contribution in [2.45, 2.75) is 13.5 Å². The van der Waals surface area contributed by atoms with Crippen LogP contribution in [0.3, 0.4) is 0 Å². The largest absolute Gasteiger partial charge is 0.459 e. The smallest absolute Gasteiger partial charge is 0.239 e. The summed E-state index contributed by atoms with van der Waals surface area (Å²) in [5, 5.41) is 9.96. The number of carbonyl (C=O) groups excluding carboxylic acids is 1. The van der Waals surface area contributed by atoms with Crippen LogP contribution in [0.5, 0.6) is 0 Å². The number of rotatable bonds is 7. The molecular formula is C17H25IN4O3. The molecule has 0 aliphatic rings. The highest BCUT2D eigenvalue weighted by molar-refractivity contribution is 14.0. The van der Waals surface area contributed by atoms with E-state index in [1.54, 1.807) is 14.2 Å². The maximum Gasteiger partial charge on any atom is 0.239 e. The van der Waals surface area contributed by atoms with Gasteiger partial charge < -0.3 is 25.1 Å². The van der Waals surface area contributed by atoms with E-state index >= 15 is 0 Å². The Morgan fingerprint density at radius 2 is 2.00 bits per heavy atom. The van der Waals surface area contributed by atoms with Crippen molar-refractivity contribution in [3.05, 3.63) is 35.6 Å². The van der Waals surface area contributed by atoms with Crippen LogP contribution >= 0.6 is 24.0 Å². The zero-order valence-corrected chi connectivity index (χ0v) is 17.0. The molecule has 25 heavy (non-hydrogen) atoms. The average molecular weight is 460 g/mol. The summed E-state index contributed by atoms with van der Waals surface area (Å²) in [5.41, 5.74) is 1.97. The number of aryl methyl sites for hydroxylation is 1. The van der Waals surface area contributed by atoms with Gasteiger partial charge in [0, 0.05) is 31.7 Å². The monoisotopic (exact) mass is 460 g/mol. The fourth-order valence-electron chi connectivity index (χ4n) is 2.30. The summed E-state index contributed by atoms with van der Waals surface area (Å²) >= 11 is 0. The van der Waals surface area contributed by atoms with E-state index in [0.717, 1.165) is 22.3 Å². The topological polar surface area (TPSA) is 87.9 Å². The molecule has 0 saturated carbocycles. The Balaban J connectivity index is 0.00000312. The van der Waals surface area contributed by atoms with Crippen LogP contribution in [-0.2, 0) is 16.1 Å². The lowest BCUT2D eigenvalue weighted by atomic mass is 10.1. The van der Waals surface area contributed by atoms with E-state index < -0.39 is 0 Å². The van der Waals surface area contributed by atoms with E-state index in [1.165, 1.54) is 0 Å². The number of amides is 1. The molecule has 0 aliphatic heterocycles. The van der Waals surface area contributed by atoms with Crippen molar-refractivity contribution in [3.63, 3.8) is 0 Å². The van der Waals surface area contributed by atoms with Crippen LogP contribution in [0.2, 0.25) is 0 Å². The van der Waals surface area contributed by atoms with Crippen molar-refractivity contribution in [2.75, 3.05) is 33.9 Å². The third kappa shape index (κ3) is 6.20. The van der Waals surface area contributed by atoms with Crippen molar-refractivity contribution in [1.29, 1.82) is 0 Å². The first kappa shape index (κ1) is 21.2. The van der Waals surface area contributed by atoms with Gasteiger partial charge in [-0.25, -0.2) is 0 Å². The number of ether oxygens (including phenoxy) is 1. The number of fused-ring (bicyclic) bond motifs is 1. The number of carbonyl (C=O) groups is 1. The maximum absolute atomic E-state index is 11.7. The number of guanidine groups is 1. The highest BCUT2D eigenvalue weighted by Gasteiger charge is 2.10. The normalized spacial score (nSPS) is 11.1. The Morgan fingerprint density at radius 1 is 1.24 bits per heavy atom. The van der Waals surface area contributed by atoms with Gasteiger partial charge in [0.25, 0.3) is 0 Å². The average Bonchev–Trinajstić information content (AvgIpc) is 2.92. The molecule has 1 aromatic carbocycles. The fraction of sp³-hybridized carbons (Fsp3) is 0.412. The second-order valence-electron chi connectivity index (χ2n) is 5.27. The lowest BCUT2D eigenvalue weighted by Gasteiger charge is -2.11. The van der Waals surface area contributed by atoms with Gasteiger partial charge in [0.1, 0.15) is 11.3 Å². The van der Waals surface area contributed by atoms with Gasteiger partial charge in [-0.2, -0.15) is 0 Å². The zero-order valence-electron chi connectivity index (χ0n) is 14.7. The lowest BCUT2D eigenvalue weighted by molar-refractivity contribution is -0.120. The Hall–Kier alpha value is -1.81. The molecule has 7 nitrogen and oxygen atoms in total. The second-order valence-corrected chi connectivity index (χ2v) is 5.27. The van der Waals surface area contributed by atoms with Crippen LogP contribution in [0, 0.1) is 6.92 Å². The zero-order chi connectivity index (χ0) is 17.4. The van der Waals surface area contributed by atoms with Gasteiger partial charge in [-0.15, -0.1) is 24.0 Å². The number of benzene rings is 1. The summed E-state index contributed by atoms with van der Waals surface area (Å²) in [6.45, 7) is 3.64. The predicted molar refractivity (Wildman–Crippen MR) is 109 cm³/mol. The number of aliphatic imine (C=N–C) groups is 1. The molecule has 3 N–H and O–H groups in total. The lowest BCUT2D eigenvalue weighted by Crippen LogP contribution is -2.43. The molecule has 1 heterocycles. The number of methoxy groups -OCH3 is 1. The first-order valence-corrected chi connectivity index (χ1v) is 7.83. The molecule has 0 saturated heterocycles. The second kappa shape index (κ2) is 10.9. The summed E-state index contributed by atoms with van der Waals surface area (Å²) in [4.78, 5) is 15.8. The first-order valence-electron chi connectivity index (χ1n) is 7.83. The maximum atomic E-state index is 11.7. The van der Waals surface area contributed by atoms with Gasteiger partial charge in [-0.3, -0.25) is 9.79 Å². The standard InChI is InChI=1S/C17H24N4O3.HI/c1-12-13-6-4-5-7-14(13)24-15(12)10-20-17(18-2)21-11-16(22)19-8-9-23-3;/h4-7H,8-11H2,1-3H3,(H,19,22)(H2,18,20,21);1H. The molecule has 0 radical (unpaired) electrons. The molecule has 8 heteroatoms. The summed E-state index contributed by atoms with van der Waals surface area (Å²) in [5.74, 6) is 1.27. The minimum Gasteiger partial charge on any atom is -0.459 e. The van der Waals surface area contributed by atoms with Gasteiger partial charge in [0.15, 0.2) is 5.96 Å². The Morgan fingerprint density at radius 3 is 2.68 bits per heavy atom. The molecule has 0 fully saturated rings. The molecule has 1 aromatic heterocycles. The number of halogens is 1. The van der Waals surface area contributed by atoms with Crippen molar-refractivity contribution in [2.24, 2.45) is 4.99 Å². The Bertz CT molecular complexity index is 715. The number of hydrogen-bond acceptors (Lipinski definition) is 4. The van der Waals surface area contributed by atoms with E-state index in [0.29, 0.717) is 25.7 Å². The van der Waals surface area contributed by atoms with E-state index in [2.05, 4.69) is 20.9 Å². The highest BCUT2D eigenvalue weighted by atomic mass is 127. The Kier molecular flexibility index (Phi) is 9.28. The van der Waals surface area contributed by atoms with Crippen LogP contribution in [0.4, 0.5) is 0 Å². The molecule has 0 spiro atoms. The molecule has 2 rings (SSSR count). The number of furan rings is 1. The molecule has 138 valence electrons. The third-order valence-electron chi connectivity index (χ3n) is 3.63. The molecular weight excluding hydrogens is 435 g/mol. The molecule has 1 amide bonds. The van der Waals surface area contributed by atoms with Gasteiger partial charge in [-0.1, -0.05) is 18.2 Å². The van der Waals surface area contributed by atoms with Crippen molar-refractivity contribution < 1.29 is 13.9 Å². The Labute approximate surface area is 164 Å². The van der Waals surface area contributed by atoms with E-state index in [-0.39, 0.29) is 36.4 Å². The van der Waals surface area contributed by atoms with Gasteiger partial charge in [-0.05, 0) is 13.0 Å². The van der Waals surface area contributed by atoms with Crippen LogP contribution in [0.15, 0.2) is 33.7 Å². The number of nitrogens with zero attached hydrogens (tertiary/aromatic N) is 1. The minimum absolute atomic E-state index is 0. The van der Waals surface area contributed by atoms with E-state index in [1.807, 2.05) is 31.2 Å². The SMILES string of the molecule is CN=C(NCC(=O)NCCOC)NCc1oc2ccccc2c1C.I. The van der Waals surface area contributed by atoms with Gasteiger partial charge in [0.05, 0.1) is 19.7 Å². The number of nitrogens with one attached hydrogen (secondary N) is 3. The van der Waals surface area contributed by atoms with E-state index in [9.17, 15) is 4.79 Å². The third-order valence-corrected chi connectivity index (χ3v) is 3.63. The van der Waals surface area contributed by atoms with E-state index in [4.69, 9.17) is 9.15 Å². The summed E-state index contributed by atoms with van der Waals surface area (Å²) in [7, 11) is 3.25. The summed E-state index contributed by atoms with van der Waals surface area (Å²) < 4.78 is 10.7. The predicted octanol–water partition coefficient (Wildman–Crippen LogP) is 1.79. The van der Waals surface area contributed by atoms with Gasteiger partial charge >= 0.3 is 0 Å². The minimum atomic E-state index is -0.116. The van der Waals surface area contributed by atoms with Crippen LogP contribution in [0.25, 0.3) is 11.0 Å². The van der Waals surface area contributed by atoms with Crippen molar-refractivity contribution in [1.82, 2.24) is 16.0 Å². The van der Waals surface area contributed by atoms with Crippen molar-refractivity contribution in [3.8, 4) is 0 Å². The number of para-hydroxylation sites is 1. The van der Waals surface area contributed by atoms with Crippen molar-refractivity contribution >= 4 is 46.8 Å². The van der Waals surface area contributed by atoms with Crippen LogP contribution in [0.1, 0.15) is 11.3 Å². The molecule has 2 aromatic rings. The molecule has 0 unspecified atom stereocenters. The quantitative estimate of drug-likeness (QED) is 0.254. The highest BCUT2D eigenvalue weighted by Crippen LogP contribution is 2.24. The van der Waals surface area contributed by atoms with Crippen LogP contribution in [-0.4, -0.2) is 45.7 Å². The van der Waals surface area contributed by atoms with Gasteiger partial charge in [0.2, 0.25) is 5.91 Å². The summed E-state index contributed by atoms with van der Waals surface area (Å²) in [6.07, 6.45) is 0. The number of hydrogen-bond donors (Lipinski definition) is 3.